The van der Waals surface area contributed by atoms with Crippen LogP contribution in [0.3, 0.4) is 0 Å². The van der Waals surface area contributed by atoms with Crippen LogP contribution in [0.1, 0.15) is 57.5 Å². The summed E-state index contributed by atoms with van der Waals surface area (Å²) in [5, 5.41) is 4.79. The van der Waals surface area contributed by atoms with Crippen molar-refractivity contribution in [3.63, 3.8) is 0 Å². The predicted molar refractivity (Wildman–Crippen MR) is 88.7 cm³/mol. The first-order chi connectivity index (χ1) is 9.35. The van der Waals surface area contributed by atoms with E-state index in [1.807, 2.05) is 11.3 Å². The van der Waals surface area contributed by atoms with E-state index in [4.69, 9.17) is 4.98 Å². The van der Waals surface area contributed by atoms with E-state index in [-0.39, 0.29) is 5.54 Å². The number of anilines is 1. The molecule has 0 amide bonds. The summed E-state index contributed by atoms with van der Waals surface area (Å²) in [5.74, 6) is 0.864. The van der Waals surface area contributed by atoms with Crippen molar-refractivity contribution in [2.45, 2.75) is 66.0 Å². The van der Waals surface area contributed by atoms with Crippen LogP contribution in [0.2, 0.25) is 0 Å². The average Bonchev–Trinajstić information content (AvgIpc) is 2.56. The first-order valence-electron chi connectivity index (χ1n) is 7.81. The van der Waals surface area contributed by atoms with E-state index in [0.29, 0.717) is 0 Å². The molecular weight excluding hydrogens is 266 g/mol. The van der Waals surface area contributed by atoms with Crippen LogP contribution in [0.25, 0.3) is 0 Å². The minimum absolute atomic E-state index is 0.161. The molecule has 2 rings (SSSR count). The highest BCUT2D eigenvalue weighted by Gasteiger charge is 2.19. The van der Waals surface area contributed by atoms with Crippen LogP contribution in [0.4, 0.5) is 5.13 Å². The lowest BCUT2D eigenvalue weighted by atomic mass is 10.0. The van der Waals surface area contributed by atoms with Gasteiger partial charge in [0.15, 0.2) is 5.13 Å². The molecule has 0 aromatic carbocycles. The quantitative estimate of drug-likeness (QED) is 0.914. The molecule has 3 nitrogen and oxygen atoms in total. The molecule has 1 unspecified atom stereocenters. The number of hydrogen-bond acceptors (Lipinski definition) is 4. The van der Waals surface area contributed by atoms with Gasteiger partial charge in [-0.2, -0.15) is 0 Å². The van der Waals surface area contributed by atoms with Crippen molar-refractivity contribution in [2.24, 2.45) is 5.92 Å². The number of thiazole rings is 1. The van der Waals surface area contributed by atoms with Gasteiger partial charge in [-0.05, 0) is 52.9 Å². The second-order valence-electron chi connectivity index (χ2n) is 7.13. The maximum absolute atomic E-state index is 4.81. The van der Waals surface area contributed by atoms with E-state index < -0.39 is 0 Å². The van der Waals surface area contributed by atoms with E-state index in [9.17, 15) is 0 Å². The second kappa shape index (κ2) is 6.44. The van der Waals surface area contributed by atoms with Crippen LogP contribution in [0.15, 0.2) is 0 Å². The molecule has 1 aliphatic rings. The number of nitrogens with one attached hydrogen (secondary N) is 1. The molecule has 1 aromatic rings. The average molecular weight is 295 g/mol. The number of nitrogens with zero attached hydrogens (tertiary/aromatic N) is 2. The van der Waals surface area contributed by atoms with Crippen LogP contribution in [0.5, 0.6) is 0 Å². The Balaban J connectivity index is 2.02. The zero-order valence-electron chi connectivity index (χ0n) is 13.6. The monoisotopic (exact) mass is 295 g/mol. The van der Waals surface area contributed by atoms with Crippen molar-refractivity contribution < 1.29 is 0 Å². The normalized spacial score (nSPS) is 21.1. The highest BCUT2D eigenvalue weighted by molar-refractivity contribution is 7.15. The largest absolute Gasteiger partial charge is 0.348 e. The molecule has 1 atom stereocenters. The maximum atomic E-state index is 4.81. The highest BCUT2D eigenvalue weighted by atomic mass is 32.1. The summed E-state index contributed by atoms with van der Waals surface area (Å²) in [5.41, 5.74) is 1.35. The van der Waals surface area contributed by atoms with Gasteiger partial charge in [-0.15, -0.1) is 11.3 Å². The van der Waals surface area contributed by atoms with Crippen LogP contribution in [0, 0.1) is 12.8 Å². The van der Waals surface area contributed by atoms with Gasteiger partial charge in [0.05, 0.1) is 5.69 Å². The number of aromatic nitrogens is 1. The van der Waals surface area contributed by atoms with Gasteiger partial charge in [-0.1, -0.05) is 6.92 Å². The van der Waals surface area contributed by atoms with Crippen molar-refractivity contribution in [1.82, 2.24) is 10.3 Å². The lowest BCUT2D eigenvalue weighted by Crippen LogP contribution is -2.34. The second-order valence-corrected chi connectivity index (χ2v) is 8.19. The van der Waals surface area contributed by atoms with Crippen molar-refractivity contribution in [3.05, 3.63) is 10.6 Å². The Morgan fingerprint density at radius 2 is 2.05 bits per heavy atom. The molecule has 20 heavy (non-hydrogen) atoms. The topological polar surface area (TPSA) is 28.2 Å². The van der Waals surface area contributed by atoms with Gasteiger partial charge in [-0.25, -0.2) is 4.98 Å². The summed E-state index contributed by atoms with van der Waals surface area (Å²) in [4.78, 5) is 8.68. The summed E-state index contributed by atoms with van der Waals surface area (Å²) < 4.78 is 0. The zero-order valence-corrected chi connectivity index (χ0v) is 14.4. The fourth-order valence-corrected chi connectivity index (χ4v) is 3.56. The van der Waals surface area contributed by atoms with Crippen molar-refractivity contribution in [3.8, 4) is 0 Å². The molecule has 1 aliphatic heterocycles. The van der Waals surface area contributed by atoms with Gasteiger partial charge < -0.3 is 10.2 Å². The third-order valence-corrected chi connectivity index (χ3v) is 5.17. The maximum Gasteiger partial charge on any atom is 0.185 e. The van der Waals surface area contributed by atoms with Gasteiger partial charge in [0.1, 0.15) is 0 Å². The summed E-state index contributed by atoms with van der Waals surface area (Å²) in [6.07, 6.45) is 3.96. The molecule has 0 saturated carbocycles. The highest BCUT2D eigenvalue weighted by Crippen LogP contribution is 2.29. The molecule has 0 radical (unpaired) electrons. The van der Waals surface area contributed by atoms with Crippen LogP contribution in [-0.4, -0.2) is 23.6 Å². The van der Waals surface area contributed by atoms with E-state index in [0.717, 1.165) is 12.5 Å². The minimum Gasteiger partial charge on any atom is -0.348 e. The van der Waals surface area contributed by atoms with E-state index in [1.54, 1.807) is 0 Å². The molecule has 114 valence electrons. The molecule has 1 saturated heterocycles. The van der Waals surface area contributed by atoms with Gasteiger partial charge in [-0.3, -0.25) is 0 Å². The van der Waals surface area contributed by atoms with Crippen LogP contribution in [-0.2, 0) is 6.54 Å². The summed E-state index contributed by atoms with van der Waals surface area (Å²) in [6, 6.07) is 0. The number of aryl methyl sites for hydroxylation is 1. The zero-order chi connectivity index (χ0) is 14.8. The number of hydrogen-bond donors (Lipinski definition) is 1. The van der Waals surface area contributed by atoms with Crippen LogP contribution >= 0.6 is 11.3 Å². The summed E-state index contributed by atoms with van der Waals surface area (Å²) >= 11 is 1.87. The summed E-state index contributed by atoms with van der Waals surface area (Å²) in [6.45, 7) is 14.4. The molecule has 4 heteroatoms. The molecule has 1 fully saturated rings. The Labute approximate surface area is 127 Å². The lowest BCUT2D eigenvalue weighted by Gasteiger charge is -2.20. The molecule has 2 heterocycles. The van der Waals surface area contributed by atoms with E-state index in [2.05, 4.69) is 44.8 Å². The Hall–Kier alpha value is -0.610. The standard InChI is InChI=1S/C16H29N3S/c1-12-7-6-9-19(10-8-12)15-18-13(2)14(20-15)11-17-16(3,4)5/h12,17H,6-11H2,1-5H3. The van der Waals surface area contributed by atoms with Gasteiger partial charge >= 0.3 is 0 Å². The van der Waals surface area contributed by atoms with Gasteiger partial charge in [0.2, 0.25) is 0 Å². The molecule has 0 bridgehead atoms. The van der Waals surface area contributed by atoms with E-state index in [1.165, 1.54) is 48.1 Å². The van der Waals surface area contributed by atoms with Gasteiger partial charge in [0.25, 0.3) is 0 Å². The Bertz CT molecular complexity index is 433. The smallest absolute Gasteiger partial charge is 0.185 e. The third kappa shape index (κ3) is 4.45. The first kappa shape index (κ1) is 15.8. The van der Waals surface area contributed by atoms with E-state index >= 15 is 0 Å². The SMILES string of the molecule is Cc1nc(N2CCCC(C)CC2)sc1CNC(C)(C)C. The summed E-state index contributed by atoms with van der Waals surface area (Å²) in [7, 11) is 0. The van der Waals surface area contributed by atoms with Gasteiger partial charge in [0, 0.05) is 30.1 Å². The van der Waals surface area contributed by atoms with Crippen molar-refractivity contribution in [2.75, 3.05) is 18.0 Å². The molecule has 1 N–H and O–H groups in total. The molecule has 0 aliphatic carbocycles. The fourth-order valence-electron chi connectivity index (χ4n) is 2.51. The Morgan fingerprint density at radius 3 is 2.75 bits per heavy atom. The Kier molecular flexibility index (Phi) is 5.08. The Morgan fingerprint density at radius 1 is 1.30 bits per heavy atom. The number of rotatable bonds is 3. The van der Waals surface area contributed by atoms with Crippen molar-refractivity contribution in [1.29, 1.82) is 0 Å². The third-order valence-electron chi connectivity index (χ3n) is 3.95. The first-order valence-corrected chi connectivity index (χ1v) is 8.63. The minimum atomic E-state index is 0.161. The lowest BCUT2D eigenvalue weighted by molar-refractivity contribution is 0.425. The fraction of sp³-hybridized carbons (Fsp3) is 0.812. The molecule has 0 spiro atoms. The van der Waals surface area contributed by atoms with Crippen LogP contribution < -0.4 is 10.2 Å². The van der Waals surface area contributed by atoms with Crippen molar-refractivity contribution >= 4 is 16.5 Å². The molecule has 1 aromatic heterocycles. The predicted octanol–water partition coefficient (Wildman–Crippen LogP) is 3.97. The molecular formula is C16H29N3S.